The van der Waals surface area contributed by atoms with E-state index in [1.165, 1.54) is 0 Å². The third-order valence-corrected chi connectivity index (χ3v) is 2.22. The van der Waals surface area contributed by atoms with Crippen molar-refractivity contribution in [2.45, 2.75) is 59.0 Å². The van der Waals surface area contributed by atoms with Gasteiger partial charge in [-0.1, -0.05) is 32.1 Å². The van der Waals surface area contributed by atoms with Gasteiger partial charge in [0.1, 0.15) is 5.60 Å². The molecule has 0 saturated heterocycles. The van der Waals surface area contributed by atoms with Crippen molar-refractivity contribution in [3.05, 3.63) is 0 Å². The normalized spacial score (nSPS) is 12.1. The molecule has 0 radical (unpaired) electrons. The van der Waals surface area contributed by atoms with Gasteiger partial charge in [0, 0.05) is 13.0 Å². The van der Waals surface area contributed by atoms with Crippen molar-refractivity contribution in [1.82, 2.24) is 0 Å². The summed E-state index contributed by atoms with van der Waals surface area (Å²) in [5.41, 5.74) is -0.714. The van der Waals surface area contributed by atoms with Crippen molar-refractivity contribution in [2.24, 2.45) is 5.41 Å². The minimum absolute atomic E-state index is 0.174. The molecular formula is C13H24O2. The van der Waals surface area contributed by atoms with E-state index < -0.39 is 5.60 Å². The third kappa shape index (κ3) is 9.78. The minimum Gasteiger partial charge on any atom is -0.396 e. The molecule has 0 aromatic carbocycles. The molecule has 0 amide bonds. The van der Waals surface area contributed by atoms with Crippen LogP contribution in [0, 0.1) is 17.3 Å². The van der Waals surface area contributed by atoms with Crippen LogP contribution in [0.25, 0.3) is 0 Å². The standard InChI is InChI=1S/C13H24O2/c1-12(2,8-5-6-11-14)9-7-10-13(3,4)15/h14-15H,5-6,8-9,11H2,1-4H3. The van der Waals surface area contributed by atoms with Crippen LogP contribution in [0.3, 0.4) is 0 Å². The van der Waals surface area contributed by atoms with Crippen LogP contribution in [0.4, 0.5) is 0 Å². The first-order chi connectivity index (χ1) is 6.77. The molecular weight excluding hydrogens is 188 g/mol. The second-order valence-electron chi connectivity index (χ2n) is 5.38. The highest BCUT2D eigenvalue weighted by Crippen LogP contribution is 2.26. The monoisotopic (exact) mass is 212 g/mol. The Bertz CT molecular complexity index is 225. The lowest BCUT2D eigenvalue weighted by molar-refractivity contribution is 0.143. The summed E-state index contributed by atoms with van der Waals surface area (Å²) in [4.78, 5) is 0. The van der Waals surface area contributed by atoms with E-state index in [2.05, 4.69) is 25.7 Å². The van der Waals surface area contributed by atoms with E-state index in [4.69, 9.17) is 5.11 Å². The molecule has 0 atom stereocenters. The lowest BCUT2D eigenvalue weighted by Gasteiger charge is -2.21. The van der Waals surface area contributed by atoms with Crippen LogP contribution in [0.2, 0.25) is 0 Å². The number of aliphatic hydroxyl groups is 2. The number of unbranched alkanes of at least 4 members (excludes halogenated alkanes) is 1. The van der Waals surface area contributed by atoms with E-state index in [1.54, 1.807) is 13.8 Å². The van der Waals surface area contributed by atoms with Gasteiger partial charge in [0.2, 0.25) is 0 Å². The smallest absolute Gasteiger partial charge is 0.119 e. The van der Waals surface area contributed by atoms with Crippen molar-refractivity contribution >= 4 is 0 Å². The molecule has 0 aliphatic carbocycles. The zero-order chi connectivity index (χ0) is 11.9. The molecule has 0 saturated carbocycles. The number of aliphatic hydroxyl groups excluding tert-OH is 1. The second kappa shape index (κ2) is 6.15. The SMILES string of the molecule is CC(C)(O)C#CCC(C)(C)CCCCO. The first-order valence-electron chi connectivity index (χ1n) is 5.60. The van der Waals surface area contributed by atoms with Crippen molar-refractivity contribution in [3.8, 4) is 11.8 Å². The molecule has 0 aromatic heterocycles. The summed E-state index contributed by atoms with van der Waals surface area (Å²) in [5.74, 6) is 5.85. The van der Waals surface area contributed by atoms with Crippen molar-refractivity contribution in [1.29, 1.82) is 0 Å². The predicted molar refractivity (Wildman–Crippen MR) is 63.4 cm³/mol. The molecule has 0 aliphatic heterocycles. The van der Waals surface area contributed by atoms with Crippen LogP contribution in [0.5, 0.6) is 0 Å². The molecule has 0 unspecified atom stereocenters. The molecule has 15 heavy (non-hydrogen) atoms. The van der Waals surface area contributed by atoms with Gasteiger partial charge in [-0.05, 0) is 32.1 Å². The first kappa shape index (κ1) is 14.5. The molecule has 0 bridgehead atoms. The number of rotatable bonds is 5. The molecule has 2 heteroatoms. The number of hydrogen-bond donors (Lipinski definition) is 2. The Hall–Kier alpha value is -0.520. The summed E-state index contributed by atoms with van der Waals surface area (Å²) in [5, 5.41) is 18.1. The fraction of sp³-hybridized carbons (Fsp3) is 0.846. The van der Waals surface area contributed by atoms with Gasteiger partial charge >= 0.3 is 0 Å². The van der Waals surface area contributed by atoms with Crippen LogP contribution in [-0.2, 0) is 0 Å². The Morgan fingerprint density at radius 3 is 2.13 bits per heavy atom. The van der Waals surface area contributed by atoms with Crippen molar-refractivity contribution < 1.29 is 10.2 Å². The maximum absolute atomic E-state index is 9.42. The van der Waals surface area contributed by atoms with Gasteiger partial charge in [-0.15, -0.1) is 0 Å². The van der Waals surface area contributed by atoms with Gasteiger partial charge in [0.25, 0.3) is 0 Å². The van der Waals surface area contributed by atoms with E-state index in [0.29, 0.717) is 0 Å². The average Bonchev–Trinajstić information content (AvgIpc) is 2.01. The molecule has 0 heterocycles. The van der Waals surface area contributed by atoms with Crippen LogP contribution >= 0.6 is 0 Å². The highest BCUT2D eigenvalue weighted by atomic mass is 16.3. The quantitative estimate of drug-likeness (QED) is 0.542. The molecule has 0 aromatic rings. The summed E-state index contributed by atoms with van der Waals surface area (Å²) < 4.78 is 0. The highest BCUT2D eigenvalue weighted by Gasteiger charge is 2.16. The lowest BCUT2D eigenvalue weighted by atomic mass is 9.84. The van der Waals surface area contributed by atoms with Crippen LogP contribution in [-0.4, -0.2) is 22.4 Å². The fourth-order valence-electron chi connectivity index (χ4n) is 1.30. The Balaban J connectivity index is 3.96. The van der Waals surface area contributed by atoms with E-state index >= 15 is 0 Å². The van der Waals surface area contributed by atoms with Gasteiger partial charge in [-0.3, -0.25) is 0 Å². The first-order valence-corrected chi connectivity index (χ1v) is 5.60. The summed E-state index contributed by atoms with van der Waals surface area (Å²) in [6.45, 7) is 8.00. The van der Waals surface area contributed by atoms with Crippen LogP contribution in [0.15, 0.2) is 0 Å². The zero-order valence-electron chi connectivity index (χ0n) is 10.4. The Morgan fingerprint density at radius 2 is 1.67 bits per heavy atom. The van der Waals surface area contributed by atoms with Gasteiger partial charge in [-0.25, -0.2) is 0 Å². The number of hydrogen-bond acceptors (Lipinski definition) is 2. The summed E-state index contributed by atoms with van der Waals surface area (Å²) in [6.07, 6.45) is 3.76. The summed E-state index contributed by atoms with van der Waals surface area (Å²) in [7, 11) is 0. The van der Waals surface area contributed by atoms with E-state index in [0.717, 1.165) is 25.7 Å². The maximum atomic E-state index is 9.42. The van der Waals surface area contributed by atoms with E-state index in [9.17, 15) is 5.11 Å². The lowest BCUT2D eigenvalue weighted by Crippen LogP contribution is -2.16. The van der Waals surface area contributed by atoms with Crippen LogP contribution < -0.4 is 0 Å². The second-order valence-corrected chi connectivity index (χ2v) is 5.38. The third-order valence-electron chi connectivity index (χ3n) is 2.22. The largest absolute Gasteiger partial charge is 0.396 e. The molecule has 88 valence electrons. The Labute approximate surface area is 93.7 Å². The molecule has 2 N–H and O–H groups in total. The highest BCUT2D eigenvalue weighted by molar-refractivity contribution is 5.11. The average molecular weight is 212 g/mol. The Kier molecular flexibility index (Phi) is 5.93. The van der Waals surface area contributed by atoms with Gasteiger partial charge < -0.3 is 10.2 Å². The predicted octanol–water partition coefficient (Wildman–Crippen LogP) is 2.34. The molecule has 0 spiro atoms. The van der Waals surface area contributed by atoms with Gasteiger partial charge in [-0.2, -0.15) is 0 Å². The topological polar surface area (TPSA) is 40.5 Å². The molecule has 2 nitrogen and oxygen atoms in total. The Morgan fingerprint density at radius 1 is 1.07 bits per heavy atom. The van der Waals surface area contributed by atoms with Crippen LogP contribution in [0.1, 0.15) is 53.4 Å². The van der Waals surface area contributed by atoms with Crippen molar-refractivity contribution in [3.63, 3.8) is 0 Å². The summed E-state index contributed by atoms with van der Waals surface area (Å²) >= 11 is 0. The van der Waals surface area contributed by atoms with Crippen molar-refractivity contribution in [2.75, 3.05) is 6.61 Å². The molecule has 0 fully saturated rings. The molecule has 0 rings (SSSR count). The maximum Gasteiger partial charge on any atom is 0.119 e. The van der Waals surface area contributed by atoms with E-state index in [1.807, 2.05) is 0 Å². The zero-order valence-corrected chi connectivity index (χ0v) is 10.4. The molecule has 0 aliphatic rings. The fourth-order valence-corrected chi connectivity index (χ4v) is 1.30. The van der Waals surface area contributed by atoms with Gasteiger partial charge in [0.05, 0.1) is 0 Å². The van der Waals surface area contributed by atoms with Gasteiger partial charge in [0.15, 0.2) is 0 Å². The van der Waals surface area contributed by atoms with E-state index in [-0.39, 0.29) is 12.0 Å². The minimum atomic E-state index is -0.888. The summed E-state index contributed by atoms with van der Waals surface area (Å²) in [6, 6.07) is 0.